The molecule has 0 aliphatic heterocycles. The first kappa shape index (κ1) is 16.7. The second-order valence-corrected chi connectivity index (χ2v) is 5.20. The standard InChI is InChI=1S/C16H27N3O/c1-4-19(5-2)13-9-12-18-15(20)16(3,17)14-10-7-6-8-11-14/h6-8,10-11H,4-5,9,12-13,17H2,1-3H3,(H,18,20). The summed E-state index contributed by atoms with van der Waals surface area (Å²) in [6.07, 6.45) is 0.943. The van der Waals surface area contributed by atoms with E-state index in [1.807, 2.05) is 30.3 Å². The lowest BCUT2D eigenvalue weighted by Gasteiger charge is -2.24. The van der Waals surface area contributed by atoms with Gasteiger partial charge in [-0.1, -0.05) is 44.2 Å². The minimum Gasteiger partial charge on any atom is -0.354 e. The van der Waals surface area contributed by atoms with Gasteiger partial charge in [0.05, 0.1) is 0 Å². The van der Waals surface area contributed by atoms with Crippen LogP contribution in [0.1, 0.15) is 32.8 Å². The van der Waals surface area contributed by atoms with Crippen molar-refractivity contribution in [2.45, 2.75) is 32.7 Å². The van der Waals surface area contributed by atoms with Crippen LogP contribution in [-0.2, 0) is 10.3 Å². The number of carbonyl (C=O) groups is 1. The van der Waals surface area contributed by atoms with E-state index in [9.17, 15) is 4.79 Å². The van der Waals surface area contributed by atoms with Crippen LogP contribution in [0, 0.1) is 0 Å². The van der Waals surface area contributed by atoms with E-state index < -0.39 is 5.54 Å². The topological polar surface area (TPSA) is 58.4 Å². The van der Waals surface area contributed by atoms with Gasteiger partial charge in [0.25, 0.3) is 0 Å². The predicted octanol–water partition coefficient (Wildman–Crippen LogP) is 1.71. The van der Waals surface area contributed by atoms with Crippen LogP contribution in [-0.4, -0.2) is 37.0 Å². The van der Waals surface area contributed by atoms with Crippen LogP contribution in [0.4, 0.5) is 0 Å². The van der Waals surface area contributed by atoms with Gasteiger partial charge >= 0.3 is 0 Å². The smallest absolute Gasteiger partial charge is 0.244 e. The highest BCUT2D eigenvalue weighted by atomic mass is 16.2. The fourth-order valence-corrected chi connectivity index (χ4v) is 2.14. The van der Waals surface area contributed by atoms with E-state index in [1.165, 1.54) is 0 Å². The van der Waals surface area contributed by atoms with Gasteiger partial charge in [0, 0.05) is 6.54 Å². The van der Waals surface area contributed by atoms with Crippen molar-refractivity contribution in [1.29, 1.82) is 0 Å². The summed E-state index contributed by atoms with van der Waals surface area (Å²) >= 11 is 0. The number of nitrogens with two attached hydrogens (primary N) is 1. The normalized spacial score (nSPS) is 14.1. The molecular formula is C16H27N3O. The Morgan fingerprint density at radius 2 is 1.85 bits per heavy atom. The zero-order valence-electron chi connectivity index (χ0n) is 12.9. The Kier molecular flexibility index (Phi) is 6.68. The van der Waals surface area contributed by atoms with Crippen molar-refractivity contribution in [2.75, 3.05) is 26.2 Å². The predicted molar refractivity (Wildman–Crippen MR) is 83.4 cm³/mol. The molecule has 0 aliphatic rings. The zero-order valence-corrected chi connectivity index (χ0v) is 12.9. The van der Waals surface area contributed by atoms with E-state index in [0.717, 1.165) is 31.6 Å². The van der Waals surface area contributed by atoms with Crippen LogP contribution in [0.3, 0.4) is 0 Å². The molecule has 0 saturated carbocycles. The molecule has 0 saturated heterocycles. The van der Waals surface area contributed by atoms with Crippen molar-refractivity contribution in [3.8, 4) is 0 Å². The summed E-state index contributed by atoms with van der Waals surface area (Å²) in [6.45, 7) is 9.80. The molecule has 1 atom stereocenters. The molecule has 0 aliphatic carbocycles. The highest BCUT2D eigenvalue weighted by molar-refractivity contribution is 5.86. The largest absolute Gasteiger partial charge is 0.354 e. The Labute approximate surface area is 122 Å². The maximum atomic E-state index is 12.2. The summed E-state index contributed by atoms with van der Waals surface area (Å²) in [5.74, 6) is -0.122. The minimum atomic E-state index is -0.976. The Hall–Kier alpha value is -1.39. The third kappa shape index (κ3) is 4.62. The SMILES string of the molecule is CCN(CC)CCCNC(=O)C(C)(N)c1ccccc1. The Balaban J connectivity index is 2.43. The minimum absolute atomic E-state index is 0.122. The lowest BCUT2D eigenvalue weighted by molar-refractivity contribution is -0.126. The molecule has 4 heteroatoms. The summed E-state index contributed by atoms with van der Waals surface area (Å²) in [7, 11) is 0. The highest BCUT2D eigenvalue weighted by Gasteiger charge is 2.29. The van der Waals surface area contributed by atoms with Gasteiger partial charge in [0.15, 0.2) is 0 Å². The van der Waals surface area contributed by atoms with Crippen molar-refractivity contribution in [2.24, 2.45) is 5.73 Å². The monoisotopic (exact) mass is 277 g/mol. The zero-order chi connectivity index (χ0) is 15.0. The van der Waals surface area contributed by atoms with Gasteiger partial charge in [-0.3, -0.25) is 4.79 Å². The second kappa shape index (κ2) is 8.02. The van der Waals surface area contributed by atoms with E-state index >= 15 is 0 Å². The molecule has 1 aromatic rings. The van der Waals surface area contributed by atoms with Gasteiger partial charge in [0.2, 0.25) is 5.91 Å². The molecule has 0 heterocycles. The molecule has 1 unspecified atom stereocenters. The Bertz CT molecular complexity index is 399. The van der Waals surface area contributed by atoms with Gasteiger partial charge in [-0.15, -0.1) is 0 Å². The third-order valence-corrected chi connectivity index (χ3v) is 3.68. The van der Waals surface area contributed by atoms with Crippen LogP contribution < -0.4 is 11.1 Å². The van der Waals surface area contributed by atoms with E-state index in [-0.39, 0.29) is 5.91 Å². The number of amides is 1. The van der Waals surface area contributed by atoms with Gasteiger partial charge < -0.3 is 16.0 Å². The highest BCUT2D eigenvalue weighted by Crippen LogP contribution is 2.17. The van der Waals surface area contributed by atoms with Crippen LogP contribution in [0.25, 0.3) is 0 Å². The molecule has 0 bridgehead atoms. The molecule has 0 fully saturated rings. The van der Waals surface area contributed by atoms with Crippen LogP contribution in [0.15, 0.2) is 30.3 Å². The molecule has 1 amide bonds. The lowest BCUT2D eigenvalue weighted by atomic mass is 9.92. The summed E-state index contributed by atoms with van der Waals surface area (Å²) in [5, 5.41) is 2.93. The van der Waals surface area contributed by atoms with Crippen molar-refractivity contribution in [1.82, 2.24) is 10.2 Å². The fourth-order valence-electron chi connectivity index (χ4n) is 2.14. The van der Waals surface area contributed by atoms with Gasteiger partial charge in [-0.25, -0.2) is 0 Å². The van der Waals surface area contributed by atoms with Gasteiger partial charge in [0.1, 0.15) is 5.54 Å². The van der Waals surface area contributed by atoms with Crippen LogP contribution in [0.2, 0.25) is 0 Å². The molecule has 112 valence electrons. The van der Waals surface area contributed by atoms with Crippen molar-refractivity contribution < 1.29 is 4.79 Å². The first-order chi connectivity index (χ1) is 9.52. The molecule has 3 N–H and O–H groups in total. The molecular weight excluding hydrogens is 250 g/mol. The maximum absolute atomic E-state index is 12.2. The van der Waals surface area contributed by atoms with E-state index in [4.69, 9.17) is 5.73 Å². The molecule has 0 aromatic heterocycles. The second-order valence-electron chi connectivity index (χ2n) is 5.20. The van der Waals surface area contributed by atoms with Gasteiger partial charge in [-0.2, -0.15) is 0 Å². The first-order valence-corrected chi connectivity index (χ1v) is 7.37. The molecule has 1 aromatic carbocycles. The Morgan fingerprint density at radius 3 is 2.40 bits per heavy atom. The number of benzene rings is 1. The lowest BCUT2D eigenvalue weighted by Crippen LogP contribution is -2.49. The molecule has 0 radical (unpaired) electrons. The summed E-state index contributed by atoms with van der Waals surface area (Å²) in [6, 6.07) is 9.48. The average molecular weight is 277 g/mol. The van der Waals surface area contributed by atoms with Gasteiger partial charge in [-0.05, 0) is 38.5 Å². The van der Waals surface area contributed by atoms with E-state index in [1.54, 1.807) is 6.92 Å². The summed E-state index contributed by atoms with van der Waals surface area (Å²) < 4.78 is 0. The number of rotatable bonds is 8. The molecule has 20 heavy (non-hydrogen) atoms. The average Bonchev–Trinajstić information content (AvgIpc) is 2.48. The fraction of sp³-hybridized carbons (Fsp3) is 0.562. The van der Waals surface area contributed by atoms with Crippen LogP contribution >= 0.6 is 0 Å². The number of hydrogen-bond donors (Lipinski definition) is 2. The van der Waals surface area contributed by atoms with Crippen molar-refractivity contribution >= 4 is 5.91 Å². The maximum Gasteiger partial charge on any atom is 0.244 e. The van der Waals surface area contributed by atoms with E-state index in [2.05, 4.69) is 24.1 Å². The number of carbonyl (C=O) groups excluding carboxylic acids is 1. The number of nitrogens with zero attached hydrogens (tertiary/aromatic N) is 1. The van der Waals surface area contributed by atoms with Crippen molar-refractivity contribution in [3.63, 3.8) is 0 Å². The van der Waals surface area contributed by atoms with Crippen molar-refractivity contribution in [3.05, 3.63) is 35.9 Å². The summed E-state index contributed by atoms with van der Waals surface area (Å²) in [5.41, 5.74) is 6.01. The summed E-state index contributed by atoms with van der Waals surface area (Å²) in [4.78, 5) is 14.5. The molecule has 1 rings (SSSR count). The first-order valence-electron chi connectivity index (χ1n) is 7.37. The van der Waals surface area contributed by atoms with E-state index in [0.29, 0.717) is 6.54 Å². The molecule has 0 spiro atoms. The number of hydrogen-bond acceptors (Lipinski definition) is 3. The third-order valence-electron chi connectivity index (χ3n) is 3.68. The van der Waals surface area contributed by atoms with Crippen LogP contribution in [0.5, 0.6) is 0 Å². The Morgan fingerprint density at radius 1 is 1.25 bits per heavy atom. The number of nitrogens with one attached hydrogen (secondary N) is 1. The quantitative estimate of drug-likeness (QED) is 0.711. The molecule has 4 nitrogen and oxygen atoms in total.